The van der Waals surface area contributed by atoms with Crippen molar-refractivity contribution in [1.82, 2.24) is 4.57 Å². The van der Waals surface area contributed by atoms with Gasteiger partial charge in [0.05, 0.1) is 11.3 Å². The first-order valence-electron chi connectivity index (χ1n) is 6.45. The molecule has 1 aromatic heterocycles. The Labute approximate surface area is 119 Å². The van der Waals surface area contributed by atoms with Crippen molar-refractivity contribution in [1.29, 1.82) is 0 Å². The van der Waals surface area contributed by atoms with Crippen molar-refractivity contribution in [3.63, 3.8) is 0 Å². The summed E-state index contributed by atoms with van der Waals surface area (Å²) in [7, 11) is 0. The highest BCUT2D eigenvalue weighted by Crippen LogP contribution is 2.18. The van der Waals surface area contributed by atoms with Crippen LogP contribution < -0.4 is 0 Å². The summed E-state index contributed by atoms with van der Waals surface area (Å²) in [4.78, 5) is 11.7. The number of fused-ring (bicyclic) bond motifs is 1. The smallest absolute Gasteiger partial charge is 0.195 e. The number of carbonyl (C=O) groups is 1. The number of ketones is 1. The third kappa shape index (κ3) is 2.45. The maximum absolute atomic E-state index is 13.5. The minimum Gasteiger partial charge on any atom is -0.344 e. The second kappa shape index (κ2) is 5.13. The zero-order chi connectivity index (χ0) is 15.0. The predicted octanol–water partition coefficient (Wildman–Crippen LogP) is 3.28. The maximum atomic E-state index is 13.5. The van der Waals surface area contributed by atoms with Crippen LogP contribution in [0.2, 0.25) is 0 Å². The van der Waals surface area contributed by atoms with Crippen LogP contribution >= 0.6 is 0 Å². The molecule has 0 unspecified atom stereocenters. The van der Waals surface area contributed by atoms with Gasteiger partial charge >= 0.3 is 0 Å². The molecular formula is C16H10F3NO. The van der Waals surface area contributed by atoms with E-state index in [0.29, 0.717) is 17.7 Å². The summed E-state index contributed by atoms with van der Waals surface area (Å²) in [5.41, 5.74) is 0.907. The Bertz CT molecular complexity index is 796. The lowest BCUT2D eigenvalue weighted by Gasteiger charge is -2.12. The Morgan fingerprint density at radius 2 is 1.90 bits per heavy atom. The van der Waals surface area contributed by atoms with Gasteiger partial charge in [0.2, 0.25) is 0 Å². The molecule has 0 radical (unpaired) electrons. The molecule has 0 saturated carbocycles. The van der Waals surface area contributed by atoms with E-state index in [2.05, 4.69) is 11.8 Å². The Hall–Kier alpha value is -2.48. The van der Waals surface area contributed by atoms with Crippen LogP contribution in [0.1, 0.15) is 34.5 Å². The van der Waals surface area contributed by atoms with Gasteiger partial charge < -0.3 is 4.57 Å². The Kier molecular flexibility index (Phi) is 3.30. The van der Waals surface area contributed by atoms with E-state index in [1.54, 1.807) is 16.8 Å². The number of hydrogen-bond donors (Lipinski definition) is 0. The quantitative estimate of drug-likeness (QED) is 0.539. The lowest BCUT2D eigenvalue weighted by atomic mass is 10.1. The van der Waals surface area contributed by atoms with Crippen molar-refractivity contribution < 1.29 is 18.0 Å². The molecule has 0 N–H and O–H groups in total. The molecule has 0 atom stereocenters. The molecule has 0 amide bonds. The molecule has 1 aliphatic heterocycles. The van der Waals surface area contributed by atoms with Crippen LogP contribution in [0.5, 0.6) is 0 Å². The third-order valence-electron chi connectivity index (χ3n) is 3.36. The van der Waals surface area contributed by atoms with Crippen molar-refractivity contribution in [3.05, 3.63) is 58.7 Å². The number of benzene rings is 1. The van der Waals surface area contributed by atoms with Crippen LogP contribution in [0.25, 0.3) is 0 Å². The largest absolute Gasteiger partial charge is 0.344 e. The molecule has 0 aliphatic carbocycles. The van der Waals surface area contributed by atoms with Gasteiger partial charge in [-0.3, -0.25) is 4.79 Å². The average molecular weight is 289 g/mol. The van der Waals surface area contributed by atoms with Gasteiger partial charge in [-0.15, -0.1) is 0 Å². The lowest BCUT2D eigenvalue weighted by molar-refractivity contribution is 0.0955. The maximum Gasteiger partial charge on any atom is 0.195 e. The number of halogens is 3. The van der Waals surface area contributed by atoms with Crippen molar-refractivity contribution in [2.75, 3.05) is 0 Å². The normalized spacial score (nSPS) is 13.6. The fourth-order valence-corrected chi connectivity index (χ4v) is 2.30. The number of aromatic nitrogens is 1. The van der Waals surface area contributed by atoms with E-state index in [9.17, 15) is 18.0 Å². The molecule has 2 aromatic rings. The average Bonchev–Trinajstić information content (AvgIpc) is 2.89. The van der Waals surface area contributed by atoms with Crippen molar-refractivity contribution in [3.8, 4) is 11.8 Å². The standard InChI is InChI=1S/C16H10F3NO/c17-12-6-5-11(15(18)16(12)19)4-3-10-8-13-14(21)2-1-7-20(13)9-10/h5-6,8-9H,1-2,7H2. The van der Waals surface area contributed by atoms with E-state index in [1.807, 2.05) is 0 Å². The minimum absolute atomic E-state index is 0.0494. The molecule has 1 aromatic carbocycles. The Morgan fingerprint density at radius 3 is 2.67 bits per heavy atom. The molecule has 5 heteroatoms. The fraction of sp³-hybridized carbons (Fsp3) is 0.188. The highest BCUT2D eigenvalue weighted by Gasteiger charge is 2.17. The van der Waals surface area contributed by atoms with Gasteiger partial charge in [0, 0.05) is 24.7 Å². The molecular weight excluding hydrogens is 279 g/mol. The molecule has 0 saturated heterocycles. The molecule has 1 aliphatic rings. The minimum atomic E-state index is -1.53. The third-order valence-corrected chi connectivity index (χ3v) is 3.36. The van der Waals surface area contributed by atoms with E-state index in [0.717, 1.165) is 25.1 Å². The first-order valence-corrected chi connectivity index (χ1v) is 6.45. The van der Waals surface area contributed by atoms with Gasteiger partial charge in [0.25, 0.3) is 0 Å². The highest BCUT2D eigenvalue weighted by atomic mass is 19.2. The van der Waals surface area contributed by atoms with Gasteiger partial charge in [-0.1, -0.05) is 11.8 Å². The highest BCUT2D eigenvalue weighted by molar-refractivity contribution is 5.95. The second-order valence-corrected chi connectivity index (χ2v) is 4.81. The zero-order valence-electron chi connectivity index (χ0n) is 10.9. The molecule has 3 rings (SSSR count). The van der Waals surface area contributed by atoms with Gasteiger partial charge in [0.1, 0.15) is 0 Å². The van der Waals surface area contributed by atoms with E-state index >= 15 is 0 Å². The van der Waals surface area contributed by atoms with Gasteiger partial charge in [-0.25, -0.2) is 13.2 Å². The number of Topliss-reactive ketones (excluding diaryl/α,β-unsaturated/α-hetero) is 1. The van der Waals surface area contributed by atoms with Crippen LogP contribution in [0, 0.1) is 29.3 Å². The number of hydrogen-bond acceptors (Lipinski definition) is 1. The first kappa shape index (κ1) is 13.5. The van der Waals surface area contributed by atoms with Crippen LogP contribution in [-0.2, 0) is 6.54 Å². The summed E-state index contributed by atoms with van der Waals surface area (Å²) >= 11 is 0. The van der Waals surface area contributed by atoms with Crippen LogP contribution in [0.3, 0.4) is 0 Å². The van der Waals surface area contributed by atoms with Crippen molar-refractivity contribution in [2.24, 2.45) is 0 Å². The first-order chi connectivity index (χ1) is 10.1. The summed E-state index contributed by atoms with van der Waals surface area (Å²) < 4.78 is 41.2. The number of rotatable bonds is 0. The molecule has 0 bridgehead atoms. The Balaban J connectivity index is 1.95. The zero-order valence-corrected chi connectivity index (χ0v) is 10.9. The van der Waals surface area contributed by atoms with Gasteiger partial charge in [-0.05, 0) is 24.6 Å². The molecule has 0 spiro atoms. The number of nitrogens with zero attached hydrogens (tertiary/aromatic N) is 1. The predicted molar refractivity (Wildman–Crippen MR) is 70.3 cm³/mol. The number of aryl methyl sites for hydroxylation is 1. The fourth-order valence-electron chi connectivity index (χ4n) is 2.30. The number of carbonyl (C=O) groups excluding carboxylic acids is 1. The molecule has 21 heavy (non-hydrogen) atoms. The summed E-state index contributed by atoms with van der Waals surface area (Å²) in [6, 6.07) is 3.55. The van der Waals surface area contributed by atoms with Crippen LogP contribution in [-0.4, -0.2) is 10.4 Å². The summed E-state index contributed by atoms with van der Waals surface area (Å²) in [5, 5.41) is 0. The van der Waals surface area contributed by atoms with E-state index < -0.39 is 17.5 Å². The molecule has 2 heterocycles. The summed E-state index contributed by atoms with van der Waals surface area (Å²) in [5.74, 6) is 1.10. The second-order valence-electron chi connectivity index (χ2n) is 4.81. The van der Waals surface area contributed by atoms with Gasteiger partial charge in [-0.2, -0.15) is 0 Å². The molecule has 2 nitrogen and oxygen atoms in total. The van der Waals surface area contributed by atoms with Crippen LogP contribution in [0.4, 0.5) is 13.2 Å². The van der Waals surface area contributed by atoms with Crippen molar-refractivity contribution in [2.45, 2.75) is 19.4 Å². The Morgan fingerprint density at radius 1 is 1.10 bits per heavy atom. The summed E-state index contributed by atoms with van der Waals surface area (Å²) in [6.07, 6.45) is 3.00. The summed E-state index contributed by atoms with van der Waals surface area (Å²) in [6.45, 7) is 0.738. The van der Waals surface area contributed by atoms with E-state index in [4.69, 9.17) is 0 Å². The SMILES string of the molecule is O=C1CCCn2cc(C#Cc3ccc(F)c(F)c3F)cc21. The van der Waals surface area contributed by atoms with Gasteiger partial charge in [0.15, 0.2) is 23.2 Å². The van der Waals surface area contributed by atoms with E-state index in [-0.39, 0.29) is 11.3 Å². The molecule has 106 valence electrons. The van der Waals surface area contributed by atoms with E-state index in [1.165, 1.54) is 0 Å². The topological polar surface area (TPSA) is 22.0 Å². The lowest BCUT2D eigenvalue weighted by Crippen LogP contribution is -2.14. The van der Waals surface area contributed by atoms with Crippen molar-refractivity contribution >= 4 is 5.78 Å². The van der Waals surface area contributed by atoms with Crippen LogP contribution in [0.15, 0.2) is 24.4 Å². The monoisotopic (exact) mass is 289 g/mol. The molecule has 0 fully saturated rings.